The molecule has 4 aromatic rings. The second-order valence-corrected chi connectivity index (χ2v) is 9.11. The van der Waals surface area contributed by atoms with Crippen molar-refractivity contribution >= 4 is 61.6 Å². The van der Waals surface area contributed by atoms with Crippen LogP contribution in [-0.4, -0.2) is 18.4 Å². The summed E-state index contributed by atoms with van der Waals surface area (Å²) in [6.45, 7) is 1.82. The number of hydrogen-bond donors (Lipinski definition) is 2. The van der Waals surface area contributed by atoms with E-state index in [-0.39, 0.29) is 16.5 Å². The minimum absolute atomic E-state index is 0.0567. The van der Waals surface area contributed by atoms with Gasteiger partial charge in [-0.25, -0.2) is 18.4 Å². The van der Waals surface area contributed by atoms with Crippen LogP contribution in [0.3, 0.4) is 0 Å². The number of hydrogen-bond acceptors (Lipinski definition) is 5. The minimum Gasteiger partial charge on any atom is -0.336 e. The van der Waals surface area contributed by atoms with E-state index in [1.807, 2.05) is 19.1 Å². The molecule has 0 atom stereocenters. The zero-order chi connectivity index (χ0) is 21.3. The molecular formula is C21H16Cl2N4O2S. The van der Waals surface area contributed by atoms with E-state index >= 15 is 0 Å². The van der Waals surface area contributed by atoms with E-state index < -0.39 is 10.0 Å². The third kappa shape index (κ3) is 4.33. The number of halogens is 2. The molecule has 0 bridgehead atoms. The van der Waals surface area contributed by atoms with Gasteiger partial charge >= 0.3 is 0 Å². The van der Waals surface area contributed by atoms with Gasteiger partial charge in [0, 0.05) is 5.02 Å². The first-order valence-electron chi connectivity index (χ1n) is 8.90. The van der Waals surface area contributed by atoms with E-state index in [0.717, 1.165) is 5.56 Å². The molecule has 1 heterocycles. The lowest BCUT2D eigenvalue weighted by atomic mass is 10.2. The number of sulfonamides is 1. The SMILES string of the molecule is Cc1cccc(S(=O)(=O)Nc2nc3ccccc3nc2Nc2ccc(Cl)cc2Cl)c1. The normalized spacial score (nSPS) is 11.4. The predicted molar refractivity (Wildman–Crippen MR) is 121 cm³/mol. The van der Waals surface area contributed by atoms with Crippen LogP contribution in [-0.2, 0) is 10.0 Å². The molecule has 0 aliphatic rings. The molecule has 2 N–H and O–H groups in total. The number of fused-ring (bicyclic) bond motifs is 1. The highest BCUT2D eigenvalue weighted by molar-refractivity contribution is 7.92. The summed E-state index contributed by atoms with van der Waals surface area (Å²) in [5.41, 5.74) is 2.49. The van der Waals surface area contributed by atoms with E-state index in [0.29, 0.717) is 26.8 Å². The second-order valence-electron chi connectivity index (χ2n) is 6.58. The Hall–Kier alpha value is -2.87. The van der Waals surface area contributed by atoms with E-state index in [1.165, 1.54) is 6.07 Å². The molecule has 4 rings (SSSR count). The fraction of sp³-hybridized carbons (Fsp3) is 0.0476. The van der Waals surface area contributed by atoms with Gasteiger partial charge in [-0.05, 0) is 55.0 Å². The van der Waals surface area contributed by atoms with E-state index in [9.17, 15) is 8.42 Å². The van der Waals surface area contributed by atoms with Crippen LogP contribution < -0.4 is 10.0 Å². The topological polar surface area (TPSA) is 84.0 Å². The van der Waals surface area contributed by atoms with Gasteiger partial charge in [-0.15, -0.1) is 0 Å². The monoisotopic (exact) mass is 458 g/mol. The van der Waals surface area contributed by atoms with Crippen molar-refractivity contribution in [3.05, 3.63) is 82.3 Å². The van der Waals surface area contributed by atoms with Gasteiger partial charge < -0.3 is 5.32 Å². The Morgan fingerprint density at radius 1 is 0.833 bits per heavy atom. The summed E-state index contributed by atoms with van der Waals surface area (Å²) >= 11 is 12.2. The van der Waals surface area contributed by atoms with Crippen LogP contribution in [0.5, 0.6) is 0 Å². The molecule has 152 valence electrons. The van der Waals surface area contributed by atoms with E-state index in [4.69, 9.17) is 23.2 Å². The number of nitrogens with one attached hydrogen (secondary N) is 2. The number of aromatic nitrogens is 2. The molecule has 30 heavy (non-hydrogen) atoms. The molecule has 0 aliphatic carbocycles. The predicted octanol–water partition coefficient (Wildman–Crippen LogP) is 5.79. The lowest BCUT2D eigenvalue weighted by molar-refractivity contribution is 0.601. The van der Waals surface area contributed by atoms with Gasteiger partial charge in [0.15, 0.2) is 11.6 Å². The van der Waals surface area contributed by atoms with Crippen LogP contribution in [0.15, 0.2) is 71.6 Å². The number of nitrogens with zero attached hydrogens (tertiary/aromatic N) is 2. The molecule has 0 saturated heterocycles. The Morgan fingerprint density at radius 3 is 2.20 bits per heavy atom. The number of anilines is 3. The Kier molecular flexibility index (Phi) is 5.51. The maximum atomic E-state index is 13.0. The highest BCUT2D eigenvalue weighted by Crippen LogP contribution is 2.31. The Bertz CT molecular complexity index is 1360. The molecule has 0 saturated carbocycles. The number of benzene rings is 3. The van der Waals surface area contributed by atoms with Crippen molar-refractivity contribution in [1.82, 2.24) is 9.97 Å². The van der Waals surface area contributed by atoms with Crippen LogP contribution >= 0.6 is 23.2 Å². The average molecular weight is 459 g/mol. The summed E-state index contributed by atoms with van der Waals surface area (Å²) in [6.07, 6.45) is 0. The van der Waals surface area contributed by atoms with Crippen molar-refractivity contribution < 1.29 is 8.42 Å². The van der Waals surface area contributed by atoms with Crippen molar-refractivity contribution in [2.75, 3.05) is 10.0 Å². The summed E-state index contributed by atoms with van der Waals surface area (Å²) in [5, 5.41) is 3.90. The van der Waals surface area contributed by atoms with Gasteiger partial charge in [0.1, 0.15) is 0 Å². The number of rotatable bonds is 5. The van der Waals surface area contributed by atoms with Gasteiger partial charge in [0.25, 0.3) is 10.0 Å². The van der Waals surface area contributed by atoms with Gasteiger partial charge in [-0.2, -0.15) is 0 Å². The maximum Gasteiger partial charge on any atom is 0.263 e. The molecule has 0 unspecified atom stereocenters. The standard InChI is InChI=1S/C21H16Cl2N4O2S/c1-13-5-4-6-15(11-13)30(28,29)27-21-20(24-17-10-9-14(22)12-16(17)23)25-18-7-2-3-8-19(18)26-21/h2-12H,1H3,(H,24,25)(H,26,27). The molecule has 0 aliphatic heterocycles. The first kappa shape index (κ1) is 20.4. The largest absolute Gasteiger partial charge is 0.336 e. The number of aryl methyl sites for hydroxylation is 1. The first-order valence-corrected chi connectivity index (χ1v) is 11.1. The second kappa shape index (κ2) is 8.10. The first-order chi connectivity index (χ1) is 14.3. The fourth-order valence-electron chi connectivity index (χ4n) is 2.85. The van der Waals surface area contributed by atoms with Crippen LogP contribution in [0.1, 0.15) is 5.56 Å². The lowest BCUT2D eigenvalue weighted by Crippen LogP contribution is -2.16. The number of para-hydroxylation sites is 2. The molecule has 0 amide bonds. The Balaban J connectivity index is 1.80. The van der Waals surface area contributed by atoms with Gasteiger partial charge in [-0.3, -0.25) is 4.72 Å². The molecule has 0 spiro atoms. The smallest absolute Gasteiger partial charge is 0.263 e. The quantitative estimate of drug-likeness (QED) is 0.395. The highest BCUT2D eigenvalue weighted by atomic mass is 35.5. The molecule has 6 nitrogen and oxygen atoms in total. The van der Waals surface area contributed by atoms with Crippen molar-refractivity contribution in [1.29, 1.82) is 0 Å². The highest BCUT2D eigenvalue weighted by Gasteiger charge is 2.19. The summed E-state index contributed by atoms with van der Waals surface area (Å²) in [5.74, 6) is 0.273. The van der Waals surface area contributed by atoms with Crippen LogP contribution in [0, 0.1) is 6.92 Å². The summed E-state index contributed by atoms with van der Waals surface area (Å²) in [7, 11) is -3.88. The molecule has 0 fully saturated rings. The van der Waals surface area contributed by atoms with Crippen molar-refractivity contribution in [3.63, 3.8) is 0 Å². The lowest BCUT2D eigenvalue weighted by Gasteiger charge is -2.15. The van der Waals surface area contributed by atoms with Crippen LogP contribution in [0.25, 0.3) is 11.0 Å². The van der Waals surface area contributed by atoms with Crippen molar-refractivity contribution in [3.8, 4) is 0 Å². The van der Waals surface area contributed by atoms with Crippen LogP contribution in [0.2, 0.25) is 10.0 Å². The summed E-state index contributed by atoms with van der Waals surface area (Å²) in [6, 6.07) is 18.7. The summed E-state index contributed by atoms with van der Waals surface area (Å²) in [4.78, 5) is 9.14. The van der Waals surface area contributed by atoms with Gasteiger partial charge in [0.05, 0.1) is 26.6 Å². The third-order valence-electron chi connectivity index (χ3n) is 4.29. The molecule has 3 aromatic carbocycles. The molecule has 1 aromatic heterocycles. The Labute approximate surface area is 183 Å². The van der Waals surface area contributed by atoms with E-state index in [2.05, 4.69) is 20.0 Å². The average Bonchev–Trinajstić information content (AvgIpc) is 2.70. The third-order valence-corrected chi connectivity index (χ3v) is 6.17. The zero-order valence-electron chi connectivity index (χ0n) is 15.7. The van der Waals surface area contributed by atoms with Crippen LogP contribution in [0.4, 0.5) is 17.3 Å². The van der Waals surface area contributed by atoms with Gasteiger partial charge in [-0.1, -0.05) is 47.5 Å². The zero-order valence-corrected chi connectivity index (χ0v) is 18.1. The van der Waals surface area contributed by atoms with E-state index in [1.54, 1.807) is 48.5 Å². The fourth-order valence-corrected chi connectivity index (χ4v) is 4.41. The summed E-state index contributed by atoms with van der Waals surface area (Å²) < 4.78 is 28.5. The van der Waals surface area contributed by atoms with Crippen molar-refractivity contribution in [2.45, 2.75) is 11.8 Å². The van der Waals surface area contributed by atoms with Gasteiger partial charge in [0.2, 0.25) is 0 Å². The Morgan fingerprint density at radius 2 is 1.53 bits per heavy atom. The molecular weight excluding hydrogens is 443 g/mol. The molecule has 0 radical (unpaired) electrons. The van der Waals surface area contributed by atoms with Crippen molar-refractivity contribution in [2.24, 2.45) is 0 Å². The minimum atomic E-state index is -3.88. The maximum absolute atomic E-state index is 13.0. The molecule has 9 heteroatoms.